The van der Waals surface area contributed by atoms with Crippen LogP contribution < -0.4 is 9.46 Å². The van der Waals surface area contributed by atoms with Gasteiger partial charge in [0.2, 0.25) is 10.0 Å². The van der Waals surface area contributed by atoms with E-state index in [1.807, 2.05) is 0 Å². The summed E-state index contributed by atoms with van der Waals surface area (Å²) in [7, 11) is -2.64. The minimum atomic E-state index is -3.98. The second-order valence-electron chi connectivity index (χ2n) is 4.93. The minimum absolute atomic E-state index is 0.0621. The molecule has 1 aliphatic carbocycles. The molecular formula is C12H16N2O6S. The number of nitrogens with one attached hydrogen (secondary N) is 1. The van der Waals surface area contributed by atoms with Gasteiger partial charge in [-0.2, -0.15) is 0 Å². The van der Waals surface area contributed by atoms with Crippen molar-refractivity contribution in [2.45, 2.75) is 23.8 Å². The Morgan fingerprint density at radius 1 is 1.48 bits per heavy atom. The van der Waals surface area contributed by atoms with Crippen molar-refractivity contribution in [1.82, 2.24) is 4.72 Å². The molecule has 8 nitrogen and oxygen atoms in total. The number of methoxy groups -OCH3 is 1. The summed E-state index contributed by atoms with van der Waals surface area (Å²) >= 11 is 0. The predicted octanol–water partition coefficient (Wildman–Crippen LogP) is 0.653. The number of nitro benzene ring substituents is 1. The van der Waals surface area contributed by atoms with E-state index in [4.69, 9.17) is 9.84 Å². The molecule has 0 radical (unpaired) electrons. The Bertz CT molecular complexity index is 639. The van der Waals surface area contributed by atoms with E-state index in [0.29, 0.717) is 12.8 Å². The maximum Gasteiger partial charge on any atom is 0.293 e. The summed E-state index contributed by atoms with van der Waals surface area (Å²) in [4.78, 5) is 9.85. The van der Waals surface area contributed by atoms with Crippen molar-refractivity contribution in [3.8, 4) is 5.75 Å². The van der Waals surface area contributed by atoms with E-state index in [2.05, 4.69) is 4.72 Å². The summed E-state index contributed by atoms with van der Waals surface area (Å²) in [5.41, 5.74) is -0.532. The number of sulfonamides is 1. The SMILES string of the molecule is COc1ccc(S(=O)(=O)NCC2CC(O)C2)c([N+](=O)[O-])c1. The molecule has 0 aromatic heterocycles. The summed E-state index contributed by atoms with van der Waals surface area (Å²) in [5, 5.41) is 20.2. The van der Waals surface area contributed by atoms with Crippen molar-refractivity contribution >= 4 is 15.7 Å². The van der Waals surface area contributed by atoms with Crippen LogP contribution in [-0.4, -0.2) is 38.2 Å². The zero-order valence-corrected chi connectivity index (χ0v) is 12.2. The lowest BCUT2D eigenvalue weighted by atomic mass is 9.83. The summed E-state index contributed by atoms with van der Waals surface area (Å²) in [6.07, 6.45) is 0.690. The van der Waals surface area contributed by atoms with Gasteiger partial charge in [-0.15, -0.1) is 0 Å². The first kappa shape index (κ1) is 15.7. The van der Waals surface area contributed by atoms with Crippen LogP contribution in [0.1, 0.15) is 12.8 Å². The molecule has 0 aliphatic heterocycles. The first-order chi connectivity index (χ1) is 9.83. The van der Waals surface area contributed by atoms with Crippen molar-refractivity contribution in [3.05, 3.63) is 28.3 Å². The Kier molecular flexibility index (Phi) is 4.45. The molecule has 1 aliphatic rings. The highest BCUT2D eigenvalue weighted by Crippen LogP contribution is 2.30. The van der Waals surface area contributed by atoms with Crippen molar-refractivity contribution < 1.29 is 23.2 Å². The molecule has 0 spiro atoms. The van der Waals surface area contributed by atoms with Crippen molar-refractivity contribution in [1.29, 1.82) is 0 Å². The summed E-state index contributed by atoms with van der Waals surface area (Å²) in [6.45, 7) is 0.155. The third-order valence-electron chi connectivity index (χ3n) is 3.43. The molecule has 0 unspecified atom stereocenters. The van der Waals surface area contributed by atoms with Gasteiger partial charge in [-0.25, -0.2) is 13.1 Å². The van der Waals surface area contributed by atoms with Crippen LogP contribution >= 0.6 is 0 Å². The number of hydrogen-bond acceptors (Lipinski definition) is 6. The maximum atomic E-state index is 12.2. The lowest BCUT2D eigenvalue weighted by Crippen LogP contribution is -2.38. The second kappa shape index (κ2) is 5.96. The Morgan fingerprint density at radius 2 is 2.14 bits per heavy atom. The van der Waals surface area contributed by atoms with Crippen LogP contribution in [0, 0.1) is 16.0 Å². The van der Waals surface area contributed by atoms with Crippen LogP contribution in [0.15, 0.2) is 23.1 Å². The fourth-order valence-corrected chi connectivity index (χ4v) is 3.43. The number of aliphatic hydroxyl groups excluding tert-OH is 1. The second-order valence-corrected chi connectivity index (χ2v) is 6.67. The molecule has 1 aromatic carbocycles. The van der Waals surface area contributed by atoms with E-state index in [1.54, 1.807) is 0 Å². The first-order valence-electron chi connectivity index (χ1n) is 6.33. The van der Waals surface area contributed by atoms with Gasteiger partial charge < -0.3 is 9.84 Å². The molecule has 116 valence electrons. The zero-order valence-electron chi connectivity index (χ0n) is 11.4. The Hall–Kier alpha value is -1.71. The van der Waals surface area contributed by atoms with Crippen LogP contribution in [0.25, 0.3) is 0 Å². The van der Waals surface area contributed by atoms with Crippen LogP contribution in [0.2, 0.25) is 0 Å². The molecule has 0 atom stereocenters. The van der Waals surface area contributed by atoms with Crippen molar-refractivity contribution in [2.75, 3.05) is 13.7 Å². The molecule has 9 heteroatoms. The topological polar surface area (TPSA) is 119 Å². The van der Waals surface area contributed by atoms with Gasteiger partial charge in [0.1, 0.15) is 5.75 Å². The Labute approximate surface area is 121 Å². The molecule has 2 rings (SSSR count). The number of ether oxygens (including phenoxy) is 1. The molecular weight excluding hydrogens is 300 g/mol. The molecule has 0 bridgehead atoms. The quantitative estimate of drug-likeness (QED) is 0.587. The third-order valence-corrected chi connectivity index (χ3v) is 4.90. The van der Waals surface area contributed by atoms with E-state index in [-0.39, 0.29) is 24.3 Å². The lowest BCUT2D eigenvalue weighted by Gasteiger charge is -2.31. The van der Waals surface area contributed by atoms with Crippen LogP contribution in [-0.2, 0) is 10.0 Å². The highest BCUT2D eigenvalue weighted by Gasteiger charge is 2.31. The molecule has 1 aromatic rings. The van der Waals surface area contributed by atoms with Crippen LogP contribution in [0.4, 0.5) is 5.69 Å². The van der Waals surface area contributed by atoms with E-state index in [0.717, 1.165) is 12.1 Å². The monoisotopic (exact) mass is 316 g/mol. The van der Waals surface area contributed by atoms with Crippen LogP contribution in [0.5, 0.6) is 5.75 Å². The van der Waals surface area contributed by atoms with E-state index < -0.39 is 25.5 Å². The predicted molar refractivity (Wildman–Crippen MR) is 73.6 cm³/mol. The summed E-state index contributed by atoms with van der Waals surface area (Å²) < 4.78 is 31.5. The van der Waals surface area contributed by atoms with Gasteiger partial charge in [-0.1, -0.05) is 0 Å². The third kappa shape index (κ3) is 3.49. The molecule has 1 fully saturated rings. The van der Waals surface area contributed by atoms with Gasteiger partial charge >= 0.3 is 0 Å². The number of nitro groups is 1. The number of benzene rings is 1. The molecule has 0 heterocycles. The van der Waals surface area contributed by atoms with Gasteiger partial charge in [-0.05, 0) is 30.9 Å². The number of hydrogen-bond donors (Lipinski definition) is 2. The van der Waals surface area contributed by atoms with Gasteiger partial charge in [0.25, 0.3) is 5.69 Å². The fourth-order valence-electron chi connectivity index (χ4n) is 2.17. The Morgan fingerprint density at radius 3 is 2.67 bits per heavy atom. The number of aliphatic hydroxyl groups is 1. The Balaban J connectivity index is 2.20. The fraction of sp³-hybridized carbons (Fsp3) is 0.500. The zero-order chi connectivity index (χ0) is 15.6. The first-order valence-corrected chi connectivity index (χ1v) is 7.82. The smallest absolute Gasteiger partial charge is 0.293 e. The van der Waals surface area contributed by atoms with E-state index >= 15 is 0 Å². The lowest BCUT2D eigenvalue weighted by molar-refractivity contribution is -0.387. The molecule has 0 amide bonds. The van der Waals surface area contributed by atoms with E-state index in [9.17, 15) is 18.5 Å². The minimum Gasteiger partial charge on any atom is -0.497 e. The van der Waals surface area contributed by atoms with E-state index in [1.165, 1.54) is 13.2 Å². The van der Waals surface area contributed by atoms with Crippen molar-refractivity contribution in [2.24, 2.45) is 5.92 Å². The van der Waals surface area contributed by atoms with Gasteiger partial charge in [-0.3, -0.25) is 10.1 Å². The average molecular weight is 316 g/mol. The number of rotatable bonds is 6. The standard InChI is InChI=1S/C12H16N2O6S/c1-20-10-2-3-12(11(6-10)14(16)17)21(18,19)13-7-8-4-9(15)5-8/h2-3,6,8-9,13,15H,4-5,7H2,1H3. The largest absolute Gasteiger partial charge is 0.497 e. The highest BCUT2D eigenvalue weighted by atomic mass is 32.2. The summed E-state index contributed by atoms with van der Waals surface area (Å²) in [6, 6.07) is 3.57. The molecule has 21 heavy (non-hydrogen) atoms. The van der Waals surface area contributed by atoms with Gasteiger partial charge in [0.15, 0.2) is 4.90 Å². The number of nitrogens with zero attached hydrogens (tertiary/aromatic N) is 1. The average Bonchev–Trinajstić information content (AvgIpc) is 2.41. The molecule has 1 saturated carbocycles. The molecule has 0 saturated heterocycles. The normalized spacial score (nSPS) is 21.6. The summed E-state index contributed by atoms with van der Waals surface area (Å²) in [5.74, 6) is 0.273. The maximum absolute atomic E-state index is 12.2. The van der Waals surface area contributed by atoms with Crippen LogP contribution in [0.3, 0.4) is 0 Å². The van der Waals surface area contributed by atoms with Gasteiger partial charge in [0.05, 0.1) is 24.2 Å². The van der Waals surface area contributed by atoms with Gasteiger partial charge in [0, 0.05) is 6.54 Å². The molecule has 2 N–H and O–H groups in total. The van der Waals surface area contributed by atoms with Crippen molar-refractivity contribution in [3.63, 3.8) is 0 Å². The highest BCUT2D eigenvalue weighted by molar-refractivity contribution is 7.89.